The molecule has 1 N–H and O–H groups in total. The third-order valence-electron chi connectivity index (χ3n) is 2.87. The topological polar surface area (TPSA) is 102 Å². The fourth-order valence-corrected chi connectivity index (χ4v) is 2.83. The summed E-state index contributed by atoms with van der Waals surface area (Å²) in [5.74, 6) is -0.580. The normalized spacial score (nSPS) is 10.8. The maximum Gasteiger partial charge on any atom is 0.283 e. The monoisotopic (exact) mass is 337 g/mol. The largest absolute Gasteiger partial charge is 0.289 e. The van der Waals surface area contributed by atoms with Gasteiger partial charge in [-0.2, -0.15) is 4.98 Å². The summed E-state index contributed by atoms with van der Waals surface area (Å²) in [4.78, 5) is 27.3. The van der Waals surface area contributed by atoms with Gasteiger partial charge in [0.15, 0.2) is 0 Å². The molecule has 0 spiro atoms. The van der Waals surface area contributed by atoms with Crippen molar-refractivity contribution >= 4 is 45.4 Å². The third kappa shape index (κ3) is 2.51. The lowest BCUT2D eigenvalue weighted by Gasteiger charge is -2.02. The minimum absolute atomic E-state index is 0.0872. The van der Waals surface area contributed by atoms with Crippen molar-refractivity contribution in [2.24, 2.45) is 0 Å². The van der Waals surface area contributed by atoms with E-state index in [2.05, 4.69) is 15.4 Å². The van der Waals surface area contributed by atoms with Crippen LogP contribution in [0.2, 0.25) is 5.02 Å². The highest BCUT2D eigenvalue weighted by molar-refractivity contribution is 7.15. The highest BCUT2D eigenvalue weighted by atomic mass is 35.5. The maximum absolute atomic E-state index is 12.2. The molecule has 0 atom stereocenters. The first-order valence-electron chi connectivity index (χ1n) is 6.02. The number of nitrogens with zero attached hydrogens (tertiary/aromatic N) is 4. The number of anilines is 1. The summed E-state index contributed by atoms with van der Waals surface area (Å²) in [5.41, 5.74) is 0.400. The van der Waals surface area contributed by atoms with E-state index in [4.69, 9.17) is 11.6 Å². The van der Waals surface area contributed by atoms with Crippen molar-refractivity contribution < 1.29 is 9.72 Å². The number of amides is 1. The maximum atomic E-state index is 12.2. The summed E-state index contributed by atoms with van der Waals surface area (Å²) in [6.45, 7) is 1.85. The number of benzene rings is 1. The molecule has 2 aromatic heterocycles. The molecule has 0 saturated heterocycles. The van der Waals surface area contributed by atoms with Crippen molar-refractivity contribution in [2.45, 2.75) is 6.92 Å². The van der Waals surface area contributed by atoms with E-state index in [-0.39, 0.29) is 22.2 Å². The first-order chi connectivity index (χ1) is 10.5. The minimum Gasteiger partial charge on any atom is -0.289 e. The van der Waals surface area contributed by atoms with Crippen molar-refractivity contribution in [1.82, 2.24) is 14.6 Å². The highest BCUT2D eigenvalue weighted by Gasteiger charge is 2.22. The number of aryl methyl sites for hydroxylation is 1. The van der Waals surface area contributed by atoms with Crippen LogP contribution in [0.1, 0.15) is 16.1 Å². The van der Waals surface area contributed by atoms with E-state index < -0.39 is 10.8 Å². The van der Waals surface area contributed by atoms with Gasteiger partial charge in [0.1, 0.15) is 5.56 Å². The molecule has 112 valence electrons. The van der Waals surface area contributed by atoms with Crippen LogP contribution in [0.5, 0.6) is 0 Å². The number of rotatable bonds is 3. The van der Waals surface area contributed by atoms with Gasteiger partial charge in [-0.05, 0) is 19.1 Å². The molecule has 0 radical (unpaired) electrons. The van der Waals surface area contributed by atoms with Gasteiger partial charge in [0, 0.05) is 16.5 Å². The number of thiazole rings is 1. The summed E-state index contributed by atoms with van der Waals surface area (Å²) >= 11 is 7.10. The second kappa shape index (κ2) is 5.35. The number of hydrogen-bond donors (Lipinski definition) is 1. The minimum atomic E-state index is -0.667. The van der Waals surface area contributed by atoms with Crippen LogP contribution in [0.4, 0.5) is 11.6 Å². The Kier molecular flexibility index (Phi) is 3.51. The number of fused-ring (bicyclic) bond motifs is 1. The molecule has 1 amide bonds. The molecule has 8 nitrogen and oxygen atoms in total. The smallest absolute Gasteiger partial charge is 0.283 e. The number of aromatic nitrogens is 3. The molecule has 2 heterocycles. The summed E-state index contributed by atoms with van der Waals surface area (Å²) in [7, 11) is 0. The summed E-state index contributed by atoms with van der Waals surface area (Å²) < 4.78 is 1.58. The van der Waals surface area contributed by atoms with Crippen LogP contribution in [-0.2, 0) is 0 Å². The van der Waals surface area contributed by atoms with E-state index in [1.54, 1.807) is 4.52 Å². The van der Waals surface area contributed by atoms with Gasteiger partial charge in [0.2, 0.25) is 4.96 Å². The van der Waals surface area contributed by atoms with Gasteiger partial charge in [-0.1, -0.05) is 11.6 Å². The Morgan fingerprint density at radius 1 is 1.50 bits per heavy atom. The van der Waals surface area contributed by atoms with Gasteiger partial charge in [0.05, 0.1) is 10.6 Å². The number of nitro benzene ring substituents is 1. The van der Waals surface area contributed by atoms with Crippen molar-refractivity contribution in [2.75, 3.05) is 5.32 Å². The van der Waals surface area contributed by atoms with E-state index >= 15 is 0 Å². The molecule has 0 aliphatic carbocycles. The van der Waals surface area contributed by atoms with Crippen LogP contribution >= 0.6 is 22.9 Å². The van der Waals surface area contributed by atoms with Crippen molar-refractivity contribution in [1.29, 1.82) is 0 Å². The SMILES string of the molecule is Cc1csc2nc(NC(=O)c3ccc(Cl)cc3[N+](=O)[O-])nn12. The lowest BCUT2D eigenvalue weighted by Crippen LogP contribution is -2.15. The molecule has 0 fully saturated rings. The molecule has 0 unspecified atom stereocenters. The Morgan fingerprint density at radius 2 is 2.27 bits per heavy atom. The molecule has 0 aliphatic rings. The van der Waals surface area contributed by atoms with Gasteiger partial charge in [-0.3, -0.25) is 20.2 Å². The molecule has 22 heavy (non-hydrogen) atoms. The predicted molar refractivity (Wildman–Crippen MR) is 81.7 cm³/mol. The van der Waals surface area contributed by atoms with E-state index in [1.165, 1.54) is 23.5 Å². The third-order valence-corrected chi connectivity index (χ3v) is 4.04. The summed E-state index contributed by atoms with van der Waals surface area (Å²) in [5, 5.41) is 19.6. The second-order valence-corrected chi connectivity index (χ2v) is 5.65. The van der Waals surface area contributed by atoms with E-state index in [1.807, 2.05) is 12.3 Å². The fraction of sp³-hybridized carbons (Fsp3) is 0.0833. The fourth-order valence-electron chi connectivity index (χ4n) is 1.86. The zero-order valence-electron chi connectivity index (χ0n) is 11.1. The number of halogens is 1. The van der Waals surface area contributed by atoms with Gasteiger partial charge in [0.25, 0.3) is 17.5 Å². The zero-order chi connectivity index (χ0) is 15.9. The Morgan fingerprint density at radius 3 is 2.95 bits per heavy atom. The molecule has 10 heteroatoms. The lowest BCUT2D eigenvalue weighted by molar-refractivity contribution is -0.385. The molecule has 3 rings (SSSR count). The van der Waals surface area contributed by atoms with Crippen LogP contribution < -0.4 is 5.32 Å². The average Bonchev–Trinajstić information content (AvgIpc) is 3.00. The van der Waals surface area contributed by atoms with Gasteiger partial charge in [-0.25, -0.2) is 4.52 Å². The summed E-state index contributed by atoms with van der Waals surface area (Å²) in [6, 6.07) is 3.83. The number of nitrogens with one attached hydrogen (secondary N) is 1. The van der Waals surface area contributed by atoms with Crippen molar-refractivity contribution in [3.05, 3.63) is 50.0 Å². The average molecular weight is 338 g/mol. The van der Waals surface area contributed by atoms with Crippen LogP contribution in [0, 0.1) is 17.0 Å². The second-order valence-electron chi connectivity index (χ2n) is 4.38. The first kappa shape index (κ1) is 14.4. The van der Waals surface area contributed by atoms with E-state index in [0.717, 1.165) is 11.8 Å². The van der Waals surface area contributed by atoms with Crippen molar-refractivity contribution in [3.8, 4) is 0 Å². The Balaban J connectivity index is 1.92. The van der Waals surface area contributed by atoms with E-state index in [9.17, 15) is 14.9 Å². The van der Waals surface area contributed by atoms with Crippen LogP contribution in [0.25, 0.3) is 4.96 Å². The highest BCUT2D eigenvalue weighted by Crippen LogP contribution is 2.24. The molecule has 1 aromatic carbocycles. The lowest BCUT2D eigenvalue weighted by atomic mass is 10.1. The van der Waals surface area contributed by atoms with Crippen LogP contribution in [0.15, 0.2) is 23.6 Å². The molecule has 0 bridgehead atoms. The van der Waals surface area contributed by atoms with Crippen LogP contribution in [0.3, 0.4) is 0 Å². The number of nitro groups is 1. The Hall–Kier alpha value is -2.52. The first-order valence-corrected chi connectivity index (χ1v) is 7.27. The predicted octanol–water partition coefficient (Wildman–Crippen LogP) is 2.91. The Bertz CT molecular complexity index is 903. The molecule has 0 aliphatic heterocycles. The molecule has 0 saturated carbocycles. The zero-order valence-corrected chi connectivity index (χ0v) is 12.7. The van der Waals surface area contributed by atoms with Crippen molar-refractivity contribution in [3.63, 3.8) is 0 Å². The number of carbonyl (C=O) groups is 1. The molecular weight excluding hydrogens is 330 g/mol. The van der Waals surface area contributed by atoms with Gasteiger partial charge >= 0.3 is 0 Å². The van der Waals surface area contributed by atoms with E-state index in [0.29, 0.717) is 4.96 Å². The molecular formula is C12H8ClN5O3S. The standard InChI is InChI=1S/C12H8ClN5O3S/c1-6-5-22-12-15-11(16-17(6)12)14-10(19)8-3-2-7(13)4-9(8)18(20)21/h2-5H,1H3,(H,14,16,19). The quantitative estimate of drug-likeness (QED) is 0.584. The number of hydrogen-bond acceptors (Lipinski definition) is 6. The Labute approximate surface area is 132 Å². The van der Waals surface area contributed by atoms with Crippen LogP contribution in [-0.4, -0.2) is 25.4 Å². The van der Waals surface area contributed by atoms with Gasteiger partial charge in [-0.15, -0.1) is 16.4 Å². The molecule has 3 aromatic rings. The summed E-state index contributed by atoms with van der Waals surface area (Å²) in [6.07, 6.45) is 0. The number of carbonyl (C=O) groups excluding carboxylic acids is 1. The van der Waals surface area contributed by atoms with Gasteiger partial charge < -0.3 is 0 Å².